The van der Waals surface area contributed by atoms with Gasteiger partial charge in [0.1, 0.15) is 5.75 Å². The molecule has 0 amide bonds. The number of aromatic nitrogens is 1. The fourth-order valence-corrected chi connectivity index (χ4v) is 3.11. The van der Waals surface area contributed by atoms with Crippen molar-refractivity contribution in [2.75, 3.05) is 13.6 Å². The Bertz CT molecular complexity index is 807. The quantitative estimate of drug-likeness (QED) is 0.403. The molecule has 0 unspecified atom stereocenters. The van der Waals surface area contributed by atoms with E-state index in [2.05, 4.69) is 25.3 Å². The summed E-state index contributed by atoms with van der Waals surface area (Å²) in [5.74, 6) is 0.433. The van der Waals surface area contributed by atoms with Crippen LogP contribution in [-0.2, 0) is 19.1 Å². The molecule has 1 aromatic heterocycles. The summed E-state index contributed by atoms with van der Waals surface area (Å²) in [7, 11) is 1.52. The lowest BCUT2D eigenvalue weighted by Crippen LogP contribution is -2.38. The second-order valence-corrected chi connectivity index (χ2v) is 6.66. The molecular weight excluding hydrogens is 403 g/mol. The van der Waals surface area contributed by atoms with Crippen LogP contribution in [0.1, 0.15) is 21.8 Å². The van der Waals surface area contributed by atoms with Crippen molar-refractivity contribution in [2.45, 2.75) is 32.7 Å². The highest BCUT2D eigenvalue weighted by Gasteiger charge is 2.33. The Morgan fingerprint density at radius 1 is 1.29 bits per heavy atom. The SMILES string of the molecule is CN=C(NCCc1nc(C(F)(F)F)cs1)NCc1cc(C)ccc1OC(F)F. The van der Waals surface area contributed by atoms with Crippen molar-refractivity contribution in [3.8, 4) is 5.75 Å². The Labute approximate surface area is 162 Å². The Kier molecular flexibility index (Phi) is 7.55. The third-order valence-electron chi connectivity index (χ3n) is 3.58. The zero-order valence-corrected chi connectivity index (χ0v) is 15.9. The fraction of sp³-hybridized carbons (Fsp3) is 0.412. The van der Waals surface area contributed by atoms with Crippen LogP contribution < -0.4 is 15.4 Å². The number of guanidine groups is 1. The summed E-state index contributed by atoms with van der Waals surface area (Å²) in [6.45, 7) is -0.623. The summed E-state index contributed by atoms with van der Waals surface area (Å²) < 4.78 is 67.2. The Morgan fingerprint density at radius 2 is 2.04 bits per heavy atom. The Morgan fingerprint density at radius 3 is 2.64 bits per heavy atom. The van der Waals surface area contributed by atoms with E-state index >= 15 is 0 Å². The van der Waals surface area contributed by atoms with E-state index in [9.17, 15) is 22.0 Å². The van der Waals surface area contributed by atoms with Crippen molar-refractivity contribution in [2.24, 2.45) is 4.99 Å². The summed E-state index contributed by atoms with van der Waals surface area (Å²) in [6, 6.07) is 4.85. The molecule has 0 aliphatic rings. The Hall–Kier alpha value is -2.43. The van der Waals surface area contributed by atoms with Crippen LogP contribution in [-0.4, -0.2) is 31.1 Å². The lowest BCUT2D eigenvalue weighted by molar-refractivity contribution is -0.140. The van der Waals surface area contributed by atoms with Crippen molar-refractivity contribution in [3.63, 3.8) is 0 Å². The van der Waals surface area contributed by atoms with Crippen LogP contribution in [0.25, 0.3) is 0 Å². The van der Waals surface area contributed by atoms with Crippen molar-refractivity contribution in [3.05, 3.63) is 45.4 Å². The van der Waals surface area contributed by atoms with Gasteiger partial charge < -0.3 is 15.4 Å². The second-order valence-electron chi connectivity index (χ2n) is 5.72. The molecule has 0 spiro atoms. The molecule has 154 valence electrons. The molecule has 2 aromatic rings. The molecule has 11 heteroatoms. The predicted octanol–water partition coefficient (Wildman–Crippen LogP) is 3.98. The normalized spacial score (nSPS) is 12.4. The van der Waals surface area contributed by atoms with Gasteiger partial charge in [0.2, 0.25) is 0 Å². The van der Waals surface area contributed by atoms with Crippen LogP contribution in [0.2, 0.25) is 0 Å². The minimum atomic E-state index is -4.45. The highest BCUT2D eigenvalue weighted by molar-refractivity contribution is 7.09. The van der Waals surface area contributed by atoms with Crippen LogP contribution in [0, 0.1) is 6.92 Å². The van der Waals surface area contributed by atoms with Crippen molar-refractivity contribution in [1.82, 2.24) is 15.6 Å². The zero-order valence-electron chi connectivity index (χ0n) is 15.1. The van der Waals surface area contributed by atoms with E-state index in [1.807, 2.05) is 6.92 Å². The van der Waals surface area contributed by atoms with Gasteiger partial charge in [0.05, 0.1) is 5.01 Å². The summed E-state index contributed by atoms with van der Waals surface area (Å²) in [6.07, 6.45) is -4.17. The molecule has 0 saturated carbocycles. The smallest absolute Gasteiger partial charge is 0.434 e. The van der Waals surface area contributed by atoms with Gasteiger partial charge in [-0.3, -0.25) is 4.99 Å². The molecule has 0 aliphatic carbocycles. The highest BCUT2D eigenvalue weighted by atomic mass is 32.1. The molecule has 1 heterocycles. The highest BCUT2D eigenvalue weighted by Crippen LogP contribution is 2.30. The van der Waals surface area contributed by atoms with Crippen molar-refractivity contribution < 1.29 is 26.7 Å². The number of alkyl halides is 5. The largest absolute Gasteiger partial charge is 0.434 e. The summed E-state index contributed by atoms with van der Waals surface area (Å²) in [5, 5.41) is 7.23. The van der Waals surface area contributed by atoms with Gasteiger partial charge in [0, 0.05) is 37.5 Å². The van der Waals surface area contributed by atoms with E-state index in [-0.39, 0.29) is 18.7 Å². The van der Waals surface area contributed by atoms with Crippen LogP contribution in [0.5, 0.6) is 5.75 Å². The monoisotopic (exact) mass is 422 g/mol. The van der Waals surface area contributed by atoms with Gasteiger partial charge in [0.25, 0.3) is 0 Å². The van der Waals surface area contributed by atoms with E-state index < -0.39 is 18.5 Å². The summed E-state index contributed by atoms with van der Waals surface area (Å²) in [5.41, 5.74) is 0.504. The first kappa shape index (κ1) is 21.9. The molecule has 0 aliphatic heterocycles. The predicted molar refractivity (Wildman–Crippen MR) is 96.8 cm³/mol. The number of thiazole rings is 1. The number of rotatable bonds is 7. The molecule has 0 bridgehead atoms. The van der Waals surface area contributed by atoms with Gasteiger partial charge in [-0.05, 0) is 13.0 Å². The lowest BCUT2D eigenvalue weighted by atomic mass is 10.1. The molecule has 0 radical (unpaired) electrons. The number of ether oxygens (including phenoxy) is 1. The van der Waals surface area contributed by atoms with Gasteiger partial charge in [-0.2, -0.15) is 22.0 Å². The minimum Gasteiger partial charge on any atom is -0.434 e. The van der Waals surface area contributed by atoms with Crippen LogP contribution in [0.3, 0.4) is 0 Å². The summed E-state index contributed by atoms with van der Waals surface area (Å²) in [4.78, 5) is 7.55. The number of hydrogen-bond acceptors (Lipinski definition) is 4. The topological polar surface area (TPSA) is 58.5 Å². The third kappa shape index (κ3) is 6.63. The van der Waals surface area contributed by atoms with Crippen molar-refractivity contribution >= 4 is 17.3 Å². The van der Waals surface area contributed by atoms with E-state index in [1.165, 1.54) is 13.1 Å². The maximum Gasteiger partial charge on any atom is 0.434 e. The first-order valence-electron chi connectivity index (χ1n) is 8.19. The van der Waals surface area contributed by atoms with E-state index in [4.69, 9.17) is 0 Å². The molecule has 2 N–H and O–H groups in total. The van der Waals surface area contributed by atoms with Crippen LogP contribution >= 0.6 is 11.3 Å². The Balaban J connectivity index is 1.88. The van der Waals surface area contributed by atoms with Crippen LogP contribution in [0.4, 0.5) is 22.0 Å². The average molecular weight is 422 g/mol. The second kappa shape index (κ2) is 9.67. The molecule has 5 nitrogen and oxygen atoms in total. The van der Waals surface area contributed by atoms with Gasteiger partial charge in [0.15, 0.2) is 11.7 Å². The molecule has 0 atom stereocenters. The van der Waals surface area contributed by atoms with Crippen LogP contribution in [0.15, 0.2) is 28.6 Å². The molecule has 0 fully saturated rings. The first-order valence-corrected chi connectivity index (χ1v) is 9.07. The number of nitrogens with zero attached hydrogens (tertiary/aromatic N) is 2. The first-order chi connectivity index (χ1) is 13.2. The number of halogens is 5. The number of hydrogen-bond donors (Lipinski definition) is 2. The summed E-state index contributed by atoms with van der Waals surface area (Å²) >= 11 is 0.936. The number of aliphatic imine (C=N–C) groups is 1. The van der Waals surface area contributed by atoms with Gasteiger partial charge in [-0.25, -0.2) is 4.98 Å². The van der Waals surface area contributed by atoms with Gasteiger partial charge >= 0.3 is 12.8 Å². The fourth-order valence-electron chi connectivity index (χ4n) is 2.30. The van der Waals surface area contributed by atoms with Gasteiger partial charge in [-0.15, -0.1) is 11.3 Å². The maximum absolute atomic E-state index is 12.6. The standard InChI is InChI=1S/C17H19F5N4OS/c1-10-3-4-12(27-15(18)19)11(7-10)8-25-16(23-2)24-6-5-14-26-13(9-28-14)17(20,21)22/h3-4,7,9,15H,5-6,8H2,1-2H3,(H2,23,24,25). The number of nitrogens with one attached hydrogen (secondary N) is 2. The van der Waals surface area contributed by atoms with E-state index in [0.717, 1.165) is 22.3 Å². The van der Waals surface area contributed by atoms with Crippen molar-refractivity contribution in [1.29, 1.82) is 0 Å². The van der Waals surface area contributed by atoms with E-state index in [0.29, 0.717) is 23.1 Å². The maximum atomic E-state index is 12.6. The van der Waals surface area contributed by atoms with Gasteiger partial charge in [-0.1, -0.05) is 17.7 Å². The molecule has 28 heavy (non-hydrogen) atoms. The molecule has 1 aromatic carbocycles. The third-order valence-corrected chi connectivity index (χ3v) is 4.48. The van der Waals surface area contributed by atoms with E-state index in [1.54, 1.807) is 12.1 Å². The molecular formula is C17H19F5N4OS. The molecule has 0 saturated heterocycles. The number of aryl methyl sites for hydroxylation is 1. The lowest BCUT2D eigenvalue weighted by Gasteiger charge is -2.15. The molecule has 2 rings (SSSR count). The average Bonchev–Trinajstić information content (AvgIpc) is 3.09. The minimum absolute atomic E-state index is 0.0611. The zero-order chi connectivity index (χ0) is 20.7. The number of benzene rings is 1.